The third-order valence-corrected chi connectivity index (χ3v) is 5.51. The summed E-state index contributed by atoms with van der Waals surface area (Å²) in [5, 5.41) is 11.5. The fourth-order valence-electron chi connectivity index (χ4n) is 2.88. The summed E-state index contributed by atoms with van der Waals surface area (Å²) < 4.78 is 1.25. The summed E-state index contributed by atoms with van der Waals surface area (Å²) in [4.78, 5) is 59.4. The summed E-state index contributed by atoms with van der Waals surface area (Å²) in [5.41, 5.74) is 0.113. The number of pyridine rings is 1. The molecule has 2 aliphatic rings. The first-order valence-electron chi connectivity index (χ1n) is 7.85. The molecule has 0 aliphatic carbocycles. The molecule has 2 atom stereocenters. The van der Waals surface area contributed by atoms with Gasteiger partial charge in [0.05, 0.1) is 5.56 Å². The third-order valence-electron chi connectivity index (χ3n) is 4.21. The number of carbonyl (C=O) groups excluding carboxylic acids is 3. The maximum Gasteiger partial charge on any atom is 0.352 e. The zero-order valence-electron chi connectivity index (χ0n) is 14.1. The number of aromatic nitrogens is 1. The molecule has 10 heteroatoms. The number of carbonyl (C=O) groups is 4. The van der Waals surface area contributed by atoms with Crippen molar-refractivity contribution in [1.29, 1.82) is 0 Å². The highest BCUT2D eigenvalue weighted by Gasteiger charge is 2.54. The van der Waals surface area contributed by atoms with Crippen molar-refractivity contribution >= 4 is 35.8 Å². The number of carboxylic acid groups (broad SMARTS) is 1. The number of aldehydes is 1. The van der Waals surface area contributed by atoms with Gasteiger partial charge < -0.3 is 15.0 Å². The molecule has 3 rings (SSSR count). The lowest BCUT2D eigenvalue weighted by Gasteiger charge is -2.49. The van der Waals surface area contributed by atoms with Gasteiger partial charge >= 0.3 is 5.97 Å². The van der Waals surface area contributed by atoms with Crippen molar-refractivity contribution in [1.82, 2.24) is 14.8 Å². The van der Waals surface area contributed by atoms with E-state index in [1.54, 1.807) is 0 Å². The van der Waals surface area contributed by atoms with Gasteiger partial charge in [0.25, 0.3) is 11.8 Å². The molecule has 1 unspecified atom stereocenters. The molecule has 0 bridgehead atoms. The molecule has 9 nitrogen and oxygen atoms in total. The van der Waals surface area contributed by atoms with Crippen molar-refractivity contribution < 1.29 is 24.3 Å². The van der Waals surface area contributed by atoms with Crippen LogP contribution in [0.15, 0.2) is 46.5 Å². The average Bonchev–Trinajstić information content (AvgIpc) is 2.65. The molecular formula is C17H15N3O6S. The van der Waals surface area contributed by atoms with Crippen LogP contribution in [0.4, 0.5) is 0 Å². The minimum absolute atomic E-state index is 0.186. The fourth-order valence-corrected chi connectivity index (χ4v) is 4.20. The van der Waals surface area contributed by atoms with Gasteiger partial charge in [-0.05, 0) is 17.7 Å². The average molecular weight is 389 g/mol. The number of amides is 2. The predicted octanol–water partition coefficient (Wildman–Crippen LogP) is -0.507. The summed E-state index contributed by atoms with van der Waals surface area (Å²) in [7, 11) is 1.50. The number of β-lactam (4-membered cyclic amide) rings is 1. The second kappa shape index (κ2) is 7.23. The summed E-state index contributed by atoms with van der Waals surface area (Å²) in [5.74, 6) is -2.06. The minimum atomic E-state index is -1.28. The van der Waals surface area contributed by atoms with Gasteiger partial charge in [0.15, 0.2) is 0 Å². The van der Waals surface area contributed by atoms with Gasteiger partial charge in [-0.15, -0.1) is 11.8 Å². The Kier molecular flexibility index (Phi) is 5.00. The van der Waals surface area contributed by atoms with Crippen LogP contribution in [0.25, 0.3) is 0 Å². The zero-order chi connectivity index (χ0) is 19.7. The highest BCUT2D eigenvalue weighted by molar-refractivity contribution is 8.00. The smallest absolute Gasteiger partial charge is 0.352 e. The van der Waals surface area contributed by atoms with Crippen molar-refractivity contribution in [3.05, 3.63) is 57.7 Å². The van der Waals surface area contributed by atoms with E-state index in [-0.39, 0.29) is 22.6 Å². The Bertz CT molecular complexity index is 964. The highest BCUT2D eigenvalue weighted by Crippen LogP contribution is 2.40. The van der Waals surface area contributed by atoms with E-state index >= 15 is 0 Å². The van der Waals surface area contributed by atoms with Crippen LogP contribution in [-0.2, 0) is 21.4 Å². The van der Waals surface area contributed by atoms with Crippen LogP contribution < -0.4 is 10.9 Å². The maximum atomic E-state index is 12.5. The van der Waals surface area contributed by atoms with Gasteiger partial charge in [0, 0.05) is 25.1 Å². The summed E-state index contributed by atoms with van der Waals surface area (Å²) in [6.45, 7) is 0. The number of aryl methyl sites for hydroxylation is 1. The van der Waals surface area contributed by atoms with Crippen molar-refractivity contribution in [2.75, 3.05) is 5.75 Å². The number of hydrogen-bond donors (Lipinski definition) is 2. The van der Waals surface area contributed by atoms with E-state index in [1.165, 1.54) is 53.9 Å². The standard InChI is InChI=1S/C17H15N3O6S/c1-19-7-9(4-5-11(19)22)14(23)18-12-15(24)20-13(17(25)26)10(3-2-6-21)8-27-16(12)20/h2-7,12,16H,8H2,1H3,(H,18,23)(H,25,26)/t12?,16-/m0/s1. The van der Waals surface area contributed by atoms with E-state index < -0.39 is 29.2 Å². The van der Waals surface area contributed by atoms with Crippen molar-refractivity contribution in [3.63, 3.8) is 0 Å². The van der Waals surface area contributed by atoms with E-state index in [4.69, 9.17) is 0 Å². The number of nitrogens with one attached hydrogen (secondary N) is 1. The molecule has 0 saturated carbocycles. The minimum Gasteiger partial charge on any atom is -0.477 e. The van der Waals surface area contributed by atoms with Crippen LogP contribution in [0.1, 0.15) is 10.4 Å². The number of allylic oxidation sites excluding steroid dienone is 2. The first-order chi connectivity index (χ1) is 12.8. The van der Waals surface area contributed by atoms with Crippen molar-refractivity contribution in [3.8, 4) is 0 Å². The number of aliphatic carboxylic acids is 1. The second-order valence-corrected chi connectivity index (χ2v) is 7.01. The lowest BCUT2D eigenvalue weighted by Crippen LogP contribution is -2.70. The molecule has 2 amide bonds. The van der Waals surface area contributed by atoms with Crippen molar-refractivity contribution in [2.24, 2.45) is 7.05 Å². The first-order valence-corrected chi connectivity index (χ1v) is 8.90. The number of fused-ring (bicyclic) bond motifs is 1. The number of nitrogens with zero attached hydrogens (tertiary/aromatic N) is 2. The van der Waals surface area contributed by atoms with Crippen LogP contribution in [0, 0.1) is 0 Å². The summed E-state index contributed by atoms with van der Waals surface area (Å²) >= 11 is 1.29. The highest BCUT2D eigenvalue weighted by atomic mass is 32.2. The SMILES string of the molecule is Cn1cc(C(=O)NC2C(=O)N3C(C(=O)O)=C(C=CC=O)CS[C@@H]23)ccc1=O. The second-order valence-electron chi connectivity index (χ2n) is 5.90. The maximum absolute atomic E-state index is 12.5. The van der Waals surface area contributed by atoms with Crippen LogP contribution in [0.5, 0.6) is 0 Å². The first kappa shape index (κ1) is 18.6. The molecule has 1 aromatic rings. The predicted molar refractivity (Wildman–Crippen MR) is 95.9 cm³/mol. The molecule has 1 aromatic heterocycles. The fraction of sp³-hybridized carbons (Fsp3) is 0.235. The van der Waals surface area contributed by atoms with E-state index in [0.29, 0.717) is 11.9 Å². The Labute approximate surface area is 157 Å². The Morgan fingerprint density at radius 2 is 2.07 bits per heavy atom. The van der Waals surface area contributed by atoms with E-state index in [2.05, 4.69) is 5.32 Å². The Morgan fingerprint density at radius 1 is 1.33 bits per heavy atom. The Morgan fingerprint density at radius 3 is 2.70 bits per heavy atom. The van der Waals surface area contributed by atoms with Gasteiger partial charge in [-0.2, -0.15) is 0 Å². The largest absolute Gasteiger partial charge is 0.477 e. The normalized spacial score (nSPS) is 21.7. The molecule has 2 N–H and O–H groups in total. The molecule has 0 aromatic carbocycles. The summed E-state index contributed by atoms with van der Waals surface area (Å²) in [6.07, 6.45) is 4.42. The van der Waals surface area contributed by atoms with Gasteiger partial charge in [0.2, 0.25) is 5.56 Å². The molecule has 0 spiro atoms. The topological polar surface area (TPSA) is 126 Å². The lowest BCUT2D eigenvalue weighted by atomic mass is 10.0. The quantitative estimate of drug-likeness (QED) is 0.395. The summed E-state index contributed by atoms with van der Waals surface area (Å²) in [6, 6.07) is 1.74. The number of carboxylic acids is 1. The molecule has 140 valence electrons. The third kappa shape index (κ3) is 3.31. The van der Waals surface area contributed by atoms with Crippen LogP contribution in [0.2, 0.25) is 0 Å². The zero-order valence-corrected chi connectivity index (χ0v) is 14.9. The number of hydrogen-bond acceptors (Lipinski definition) is 6. The van der Waals surface area contributed by atoms with E-state index in [0.717, 1.165) is 4.90 Å². The number of rotatable bonds is 5. The van der Waals surface area contributed by atoms with Crippen LogP contribution >= 0.6 is 11.8 Å². The molecule has 1 fully saturated rings. The van der Waals surface area contributed by atoms with Gasteiger partial charge in [-0.3, -0.25) is 24.1 Å². The van der Waals surface area contributed by atoms with Gasteiger partial charge in [-0.25, -0.2) is 4.79 Å². The Hall–Kier alpha value is -3.14. The molecule has 3 heterocycles. The molecular weight excluding hydrogens is 374 g/mol. The van der Waals surface area contributed by atoms with E-state index in [9.17, 15) is 29.1 Å². The molecule has 1 saturated heterocycles. The molecule has 0 radical (unpaired) electrons. The molecule has 2 aliphatic heterocycles. The van der Waals surface area contributed by atoms with Crippen LogP contribution in [-0.4, -0.2) is 55.8 Å². The molecule has 27 heavy (non-hydrogen) atoms. The monoisotopic (exact) mass is 389 g/mol. The van der Waals surface area contributed by atoms with Gasteiger partial charge in [-0.1, -0.05) is 6.08 Å². The van der Waals surface area contributed by atoms with Crippen LogP contribution in [0.3, 0.4) is 0 Å². The van der Waals surface area contributed by atoms with Gasteiger partial charge in [0.1, 0.15) is 23.4 Å². The Balaban J connectivity index is 1.80. The van der Waals surface area contributed by atoms with Crippen molar-refractivity contribution in [2.45, 2.75) is 11.4 Å². The van der Waals surface area contributed by atoms with E-state index in [1.807, 2.05) is 0 Å². The lowest BCUT2D eigenvalue weighted by molar-refractivity contribution is -0.148. The number of thioether (sulfide) groups is 1.